The van der Waals surface area contributed by atoms with Crippen molar-refractivity contribution < 1.29 is 4.74 Å². The van der Waals surface area contributed by atoms with Crippen molar-refractivity contribution >= 4 is 5.69 Å². The third-order valence-electron chi connectivity index (χ3n) is 3.21. The second-order valence-electron chi connectivity index (χ2n) is 4.80. The molecule has 4 nitrogen and oxygen atoms in total. The Hall–Kier alpha value is -1.81. The number of benzene rings is 1. The SMILES string of the molecule is COCc1ccccc1NC(C)c1cn(C)nc1C. The van der Waals surface area contributed by atoms with Crippen LogP contribution in [0.15, 0.2) is 30.5 Å². The molecule has 1 N–H and O–H groups in total. The number of aromatic nitrogens is 2. The van der Waals surface area contributed by atoms with E-state index in [9.17, 15) is 0 Å². The van der Waals surface area contributed by atoms with Crippen molar-refractivity contribution in [1.29, 1.82) is 0 Å². The van der Waals surface area contributed by atoms with Crippen molar-refractivity contribution in [3.8, 4) is 0 Å². The smallest absolute Gasteiger partial charge is 0.0733 e. The van der Waals surface area contributed by atoms with Crippen LogP contribution in [0.4, 0.5) is 5.69 Å². The van der Waals surface area contributed by atoms with E-state index in [2.05, 4.69) is 35.7 Å². The summed E-state index contributed by atoms with van der Waals surface area (Å²) in [5, 5.41) is 7.92. The fraction of sp³-hybridized carbons (Fsp3) is 0.400. The van der Waals surface area contributed by atoms with Crippen LogP contribution in [0.3, 0.4) is 0 Å². The van der Waals surface area contributed by atoms with Gasteiger partial charge in [-0.1, -0.05) is 18.2 Å². The molecule has 0 saturated heterocycles. The van der Waals surface area contributed by atoms with E-state index in [1.807, 2.05) is 30.8 Å². The number of ether oxygens (including phenoxy) is 1. The molecule has 1 aromatic carbocycles. The van der Waals surface area contributed by atoms with Gasteiger partial charge in [0, 0.05) is 37.2 Å². The number of nitrogens with zero attached hydrogens (tertiary/aromatic N) is 2. The van der Waals surface area contributed by atoms with Crippen LogP contribution in [0.5, 0.6) is 0 Å². The fourth-order valence-electron chi connectivity index (χ4n) is 2.30. The summed E-state index contributed by atoms with van der Waals surface area (Å²) >= 11 is 0. The van der Waals surface area contributed by atoms with Crippen molar-refractivity contribution in [3.05, 3.63) is 47.3 Å². The highest BCUT2D eigenvalue weighted by atomic mass is 16.5. The lowest BCUT2D eigenvalue weighted by atomic mass is 10.1. The van der Waals surface area contributed by atoms with E-state index < -0.39 is 0 Å². The molecule has 0 bridgehead atoms. The number of methoxy groups -OCH3 is 1. The molecule has 1 heterocycles. The van der Waals surface area contributed by atoms with Gasteiger partial charge in [-0.05, 0) is 19.9 Å². The largest absolute Gasteiger partial charge is 0.380 e. The average molecular weight is 259 g/mol. The van der Waals surface area contributed by atoms with E-state index in [1.165, 1.54) is 11.1 Å². The van der Waals surface area contributed by atoms with Crippen LogP contribution in [0.2, 0.25) is 0 Å². The van der Waals surface area contributed by atoms with Gasteiger partial charge in [-0.25, -0.2) is 0 Å². The van der Waals surface area contributed by atoms with E-state index in [0.29, 0.717) is 6.61 Å². The number of nitrogens with one attached hydrogen (secondary N) is 1. The topological polar surface area (TPSA) is 39.1 Å². The van der Waals surface area contributed by atoms with Crippen LogP contribution < -0.4 is 5.32 Å². The molecule has 1 atom stereocenters. The number of anilines is 1. The minimum absolute atomic E-state index is 0.215. The molecule has 102 valence electrons. The molecular formula is C15H21N3O. The van der Waals surface area contributed by atoms with Gasteiger partial charge in [0.05, 0.1) is 18.3 Å². The van der Waals surface area contributed by atoms with E-state index >= 15 is 0 Å². The molecule has 1 unspecified atom stereocenters. The van der Waals surface area contributed by atoms with Gasteiger partial charge in [0.1, 0.15) is 0 Å². The van der Waals surface area contributed by atoms with E-state index in [0.717, 1.165) is 11.4 Å². The Balaban J connectivity index is 2.19. The molecule has 0 aliphatic rings. The van der Waals surface area contributed by atoms with Gasteiger partial charge in [-0.15, -0.1) is 0 Å². The van der Waals surface area contributed by atoms with Crippen molar-refractivity contribution in [2.24, 2.45) is 7.05 Å². The Labute approximate surface area is 114 Å². The molecule has 2 rings (SSSR count). The maximum Gasteiger partial charge on any atom is 0.0733 e. The quantitative estimate of drug-likeness (QED) is 0.897. The van der Waals surface area contributed by atoms with Gasteiger partial charge in [0.15, 0.2) is 0 Å². The molecule has 0 spiro atoms. The number of hydrogen-bond acceptors (Lipinski definition) is 3. The van der Waals surface area contributed by atoms with E-state index in [1.54, 1.807) is 7.11 Å². The number of hydrogen-bond donors (Lipinski definition) is 1. The normalized spacial score (nSPS) is 12.4. The Bertz CT molecular complexity index is 548. The predicted octanol–water partition coefficient (Wildman–Crippen LogP) is 3.05. The first-order valence-electron chi connectivity index (χ1n) is 6.45. The molecule has 0 amide bonds. The highest BCUT2D eigenvalue weighted by Crippen LogP contribution is 2.24. The monoisotopic (exact) mass is 259 g/mol. The standard InChI is InChI=1S/C15H21N3O/c1-11(14-9-18(3)17-12(14)2)16-15-8-6-5-7-13(15)10-19-4/h5-9,11,16H,10H2,1-4H3. The first kappa shape index (κ1) is 13.6. The summed E-state index contributed by atoms with van der Waals surface area (Å²) in [5.74, 6) is 0. The second-order valence-corrected chi connectivity index (χ2v) is 4.80. The summed E-state index contributed by atoms with van der Waals surface area (Å²) in [7, 11) is 3.66. The van der Waals surface area contributed by atoms with Gasteiger partial charge in [0.25, 0.3) is 0 Å². The second kappa shape index (κ2) is 5.89. The maximum atomic E-state index is 5.23. The number of rotatable bonds is 5. The zero-order chi connectivity index (χ0) is 13.8. The first-order chi connectivity index (χ1) is 9.11. The third kappa shape index (κ3) is 3.15. The summed E-state index contributed by atoms with van der Waals surface area (Å²) in [5.41, 5.74) is 4.56. The van der Waals surface area contributed by atoms with Crippen LogP contribution in [-0.4, -0.2) is 16.9 Å². The van der Waals surface area contributed by atoms with E-state index in [4.69, 9.17) is 4.74 Å². The molecule has 0 aliphatic heterocycles. The van der Waals surface area contributed by atoms with Crippen LogP contribution >= 0.6 is 0 Å². The average Bonchev–Trinajstić information content (AvgIpc) is 2.71. The summed E-state index contributed by atoms with van der Waals surface area (Å²) < 4.78 is 7.08. The Morgan fingerprint density at radius 2 is 2.11 bits per heavy atom. The van der Waals surface area contributed by atoms with E-state index in [-0.39, 0.29) is 6.04 Å². The molecule has 0 fully saturated rings. The van der Waals surface area contributed by atoms with Gasteiger partial charge >= 0.3 is 0 Å². The zero-order valence-corrected chi connectivity index (χ0v) is 12.0. The fourth-order valence-corrected chi connectivity index (χ4v) is 2.30. The van der Waals surface area contributed by atoms with Crippen LogP contribution in [-0.2, 0) is 18.4 Å². The Morgan fingerprint density at radius 3 is 2.74 bits per heavy atom. The van der Waals surface area contributed by atoms with Crippen molar-refractivity contribution in [1.82, 2.24) is 9.78 Å². The van der Waals surface area contributed by atoms with Crippen molar-refractivity contribution in [3.63, 3.8) is 0 Å². The van der Waals surface area contributed by atoms with Gasteiger partial charge in [-0.2, -0.15) is 5.10 Å². The molecule has 4 heteroatoms. The summed E-state index contributed by atoms with van der Waals surface area (Å²) in [4.78, 5) is 0. The molecular weight excluding hydrogens is 238 g/mol. The minimum Gasteiger partial charge on any atom is -0.380 e. The number of para-hydroxylation sites is 1. The highest BCUT2D eigenvalue weighted by molar-refractivity contribution is 5.52. The summed E-state index contributed by atoms with van der Waals surface area (Å²) in [6.45, 7) is 4.80. The number of aryl methyl sites for hydroxylation is 2. The lowest BCUT2D eigenvalue weighted by Gasteiger charge is -2.17. The predicted molar refractivity (Wildman–Crippen MR) is 77.1 cm³/mol. The molecule has 0 saturated carbocycles. The maximum absolute atomic E-state index is 5.23. The molecule has 0 aliphatic carbocycles. The van der Waals surface area contributed by atoms with Crippen LogP contribution in [0, 0.1) is 6.92 Å². The summed E-state index contributed by atoms with van der Waals surface area (Å²) in [6.07, 6.45) is 2.06. The lowest BCUT2D eigenvalue weighted by molar-refractivity contribution is 0.185. The zero-order valence-electron chi connectivity index (χ0n) is 12.0. The Kier molecular flexibility index (Phi) is 4.22. The molecule has 0 radical (unpaired) electrons. The molecule has 19 heavy (non-hydrogen) atoms. The minimum atomic E-state index is 0.215. The summed E-state index contributed by atoms with van der Waals surface area (Å²) in [6, 6.07) is 8.43. The van der Waals surface area contributed by atoms with Gasteiger partial charge < -0.3 is 10.1 Å². The van der Waals surface area contributed by atoms with Crippen molar-refractivity contribution in [2.75, 3.05) is 12.4 Å². The highest BCUT2D eigenvalue weighted by Gasteiger charge is 2.12. The molecule has 1 aromatic heterocycles. The van der Waals surface area contributed by atoms with Crippen molar-refractivity contribution in [2.45, 2.75) is 26.5 Å². The van der Waals surface area contributed by atoms with Gasteiger partial charge in [0.2, 0.25) is 0 Å². The lowest BCUT2D eigenvalue weighted by Crippen LogP contribution is -2.09. The first-order valence-corrected chi connectivity index (χ1v) is 6.45. The third-order valence-corrected chi connectivity index (χ3v) is 3.21. The van der Waals surface area contributed by atoms with Crippen LogP contribution in [0.1, 0.15) is 29.8 Å². The van der Waals surface area contributed by atoms with Crippen LogP contribution in [0.25, 0.3) is 0 Å². The molecule has 2 aromatic rings. The van der Waals surface area contributed by atoms with Gasteiger partial charge in [-0.3, -0.25) is 4.68 Å². The Morgan fingerprint density at radius 1 is 1.37 bits per heavy atom.